The van der Waals surface area contributed by atoms with Gasteiger partial charge in [-0.15, -0.1) is 12.4 Å². The maximum Gasteiger partial charge on any atom is 0.323 e. The summed E-state index contributed by atoms with van der Waals surface area (Å²) in [7, 11) is 0. The Morgan fingerprint density at radius 3 is 2.71 bits per heavy atom. The van der Waals surface area contributed by atoms with E-state index in [-0.39, 0.29) is 31.0 Å². The third-order valence-corrected chi connectivity index (χ3v) is 2.62. The number of halogens is 1. The monoisotopic (exact) mass is 257 g/mol. The fraction of sp³-hybridized carbons (Fsp3) is 0.417. The second-order valence-electron chi connectivity index (χ2n) is 3.94. The standard InChI is InChI=1S/C12H15NO3.ClH/c14-10-6-11(13-7-10)12(15)16-8-9-4-2-1-3-5-9;/h1-5,10-11,13-14H,6-8H2;1H. The molecule has 5 heteroatoms. The molecule has 2 unspecified atom stereocenters. The molecule has 0 amide bonds. The predicted molar refractivity (Wildman–Crippen MR) is 65.9 cm³/mol. The number of rotatable bonds is 3. The molecular formula is C12H16ClNO3. The van der Waals surface area contributed by atoms with Crippen LogP contribution in [0.5, 0.6) is 0 Å². The van der Waals surface area contributed by atoms with Crippen molar-refractivity contribution in [2.24, 2.45) is 0 Å². The van der Waals surface area contributed by atoms with Gasteiger partial charge in [0.15, 0.2) is 0 Å². The second-order valence-corrected chi connectivity index (χ2v) is 3.94. The van der Waals surface area contributed by atoms with Gasteiger partial charge < -0.3 is 15.2 Å². The van der Waals surface area contributed by atoms with Crippen molar-refractivity contribution in [2.75, 3.05) is 6.54 Å². The van der Waals surface area contributed by atoms with E-state index in [0.717, 1.165) is 5.56 Å². The summed E-state index contributed by atoms with van der Waals surface area (Å²) in [5, 5.41) is 12.2. The van der Waals surface area contributed by atoms with E-state index < -0.39 is 6.10 Å². The van der Waals surface area contributed by atoms with Crippen LogP contribution in [0.3, 0.4) is 0 Å². The van der Waals surface area contributed by atoms with Gasteiger partial charge in [0.05, 0.1) is 6.10 Å². The van der Waals surface area contributed by atoms with Crippen LogP contribution >= 0.6 is 12.4 Å². The number of ether oxygens (including phenoxy) is 1. The molecule has 1 heterocycles. The van der Waals surface area contributed by atoms with Gasteiger partial charge in [-0.05, 0) is 5.56 Å². The summed E-state index contributed by atoms with van der Waals surface area (Å²) in [5.74, 6) is -0.291. The van der Waals surface area contributed by atoms with Crippen LogP contribution in [0.1, 0.15) is 12.0 Å². The Balaban J connectivity index is 0.00000144. The molecule has 0 radical (unpaired) electrons. The Labute approximate surface area is 106 Å². The molecule has 1 aromatic carbocycles. The van der Waals surface area contributed by atoms with Crippen molar-refractivity contribution < 1.29 is 14.6 Å². The number of nitrogens with one attached hydrogen (secondary N) is 1. The minimum absolute atomic E-state index is 0. The molecule has 0 aliphatic carbocycles. The van der Waals surface area contributed by atoms with Crippen LogP contribution in [-0.2, 0) is 16.1 Å². The summed E-state index contributed by atoms with van der Waals surface area (Å²) >= 11 is 0. The van der Waals surface area contributed by atoms with Gasteiger partial charge in [-0.25, -0.2) is 0 Å². The Morgan fingerprint density at radius 2 is 2.12 bits per heavy atom. The van der Waals surface area contributed by atoms with E-state index in [4.69, 9.17) is 4.74 Å². The number of carbonyl (C=O) groups excluding carboxylic acids is 1. The van der Waals surface area contributed by atoms with Crippen LogP contribution in [0.2, 0.25) is 0 Å². The maximum absolute atomic E-state index is 11.6. The SMILES string of the molecule is Cl.O=C(OCc1ccccc1)C1CC(O)CN1. The van der Waals surface area contributed by atoms with Crippen molar-refractivity contribution in [3.8, 4) is 0 Å². The number of esters is 1. The molecule has 1 fully saturated rings. The zero-order valence-electron chi connectivity index (χ0n) is 9.33. The first-order valence-corrected chi connectivity index (χ1v) is 5.38. The quantitative estimate of drug-likeness (QED) is 0.789. The summed E-state index contributed by atoms with van der Waals surface area (Å²) in [6, 6.07) is 9.18. The van der Waals surface area contributed by atoms with Crippen molar-refractivity contribution in [2.45, 2.75) is 25.2 Å². The molecule has 17 heavy (non-hydrogen) atoms. The Bertz CT molecular complexity index is 358. The number of β-amino-alcohol motifs (C(OH)–C–C–N with tert-alkyl or cyclic N) is 1. The molecule has 4 nitrogen and oxygen atoms in total. The largest absolute Gasteiger partial charge is 0.460 e. The molecule has 1 aromatic rings. The molecule has 2 rings (SSSR count). The van der Waals surface area contributed by atoms with Gasteiger partial charge in [-0.2, -0.15) is 0 Å². The summed E-state index contributed by atoms with van der Waals surface area (Å²) in [5.41, 5.74) is 0.967. The molecular weight excluding hydrogens is 242 g/mol. The summed E-state index contributed by atoms with van der Waals surface area (Å²) in [6.45, 7) is 0.749. The average Bonchev–Trinajstić information content (AvgIpc) is 2.74. The van der Waals surface area contributed by atoms with Crippen LogP contribution in [0.15, 0.2) is 30.3 Å². The number of carbonyl (C=O) groups is 1. The summed E-state index contributed by atoms with van der Waals surface area (Å²) in [6.07, 6.45) is 0.00226. The minimum Gasteiger partial charge on any atom is -0.460 e. The number of aliphatic hydroxyl groups excluding tert-OH is 1. The van der Waals surface area contributed by atoms with Crippen molar-refractivity contribution in [3.63, 3.8) is 0 Å². The lowest BCUT2D eigenvalue weighted by molar-refractivity contribution is -0.147. The highest BCUT2D eigenvalue weighted by Gasteiger charge is 2.29. The molecule has 1 aliphatic rings. The lowest BCUT2D eigenvalue weighted by atomic mass is 10.2. The van der Waals surface area contributed by atoms with Gasteiger partial charge in [0.25, 0.3) is 0 Å². The van der Waals surface area contributed by atoms with Gasteiger partial charge in [0.2, 0.25) is 0 Å². The highest BCUT2D eigenvalue weighted by atomic mass is 35.5. The van der Waals surface area contributed by atoms with Crippen molar-refractivity contribution in [1.82, 2.24) is 5.32 Å². The highest BCUT2D eigenvalue weighted by Crippen LogP contribution is 2.09. The zero-order chi connectivity index (χ0) is 11.4. The van der Waals surface area contributed by atoms with Gasteiger partial charge >= 0.3 is 5.97 Å². The van der Waals surface area contributed by atoms with Gasteiger partial charge in [0.1, 0.15) is 12.6 Å². The van der Waals surface area contributed by atoms with E-state index >= 15 is 0 Å². The Kier molecular flexibility index (Phi) is 5.41. The van der Waals surface area contributed by atoms with Gasteiger partial charge in [-0.1, -0.05) is 30.3 Å². The molecule has 0 bridgehead atoms. The molecule has 1 aliphatic heterocycles. The van der Waals surface area contributed by atoms with E-state index in [1.54, 1.807) is 0 Å². The van der Waals surface area contributed by atoms with E-state index in [9.17, 15) is 9.90 Å². The first kappa shape index (κ1) is 14.0. The van der Waals surface area contributed by atoms with E-state index in [2.05, 4.69) is 5.32 Å². The smallest absolute Gasteiger partial charge is 0.323 e. The maximum atomic E-state index is 11.6. The summed E-state index contributed by atoms with van der Waals surface area (Å²) < 4.78 is 5.15. The first-order valence-electron chi connectivity index (χ1n) is 5.38. The van der Waals surface area contributed by atoms with Gasteiger partial charge in [-0.3, -0.25) is 4.79 Å². The van der Waals surface area contributed by atoms with Crippen molar-refractivity contribution in [3.05, 3.63) is 35.9 Å². The fourth-order valence-corrected chi connectivity index (χ4v) is 1.73. The molecule has 2 atom stereocenters. The van der Waals surface area contributed by atoms with Gasteiger partial charge in [0, 0.05) is 13.0 Å². The zero-order valence-corrected chi connectivity index (χ0v) is 10.2. The highest BCUT2D eigenvalue weighted by molar-refractivity contribution is 5.85. The molecule has 2 N–H and O–H groups in total. The lowest BCUT2D eigenvalue weighted by Gasteiger charge is -2.10. The number of hydrogen-bond donors (Lipinski definition) is 2. The van der Waals surface area contributed by atoms with Crippen molar-refractivity contribution in [1.29, 1.82) is 0 Å². The van der Waals surface area contributed by atoms with Crippen LogP contribution in [0, 0.1) is 0 Å². The normalized spacial score (nSPS) is 22.9. The van der Waals surface area contributed by atoms with E-state index in [1.165, 1.54) is 0 Å². The third kappa shape index (κ3) is 4.00. The molecule has 94 valence electrons. The lowest BCUT2D eigenvalue weighted by Crippen LogP contribution is -2.32. The number of hydrogen-bond acceptors (Lipinski definition) is 4. The predicted octanol–water partition coefficient (Wildman–Crippen LogP) is 0.874. The third-order valence-electron chi connectivity index (χ3n) is 2.62. The molecule has 0 spiro atoms. The molecule has 0 saturated carbocycles. The second kappa shape index (κ2) is 6.59. The van der Waals surface area contributed by atoms with Crippen LogP contribution in [0.25, 0.3) is 0 Å². The van der Waals surface area contributed by atoms with Crippen LogP contribution < -0.4 is 5.32 Å². The Morgan fingerprint density at radius 1 is 1.41 bits per heavy atom. The number of aliphatic hydroxyl groups is 1. The van der Waals surface area contributed by atoms with Crippen LogP contribution in [-0.4, -0.2) is 29.8 Å². The topological polar surface area (TPSA) is 58.6 Å². The summed E-state index contributed by atoms with van der Waals surface area (Å²) in [4.78, 5) is 11.6. The average molecular weight is 258 g/mol. The molecule has 0 aromatic heterocycles. The first-order chi connectivity index (χ1) is 7.75. The van der Waals surface area contributed by atoms with E-state index in [0.29, 0.717) is 13.0 Å². The minimum atomic E-state index is -0.436. The van der Waals surface area contributed by atoms with Crippen LogP contribution in [0.4, 0.5) is 0 Å². The molecule has 1 saturated heterocycles. The fourth-order valence-electron chi connectivity index (χ4n) is 1.73. The van der Waals surface area contributed by atoms with E-state index in [1.807, 2.05) is 30.3 Å². The van der Waals surface area contributed by atoms with Crippen molar-refractivity contribution >= 4 is 18.4 Å². The Hall–Kier alpha value is -1.10. The number of benzene rings is 1.